The summed E-state index contributed by atoms with van der Waals surface area (Å²) in [5.74, 6) is -2.62. The summed E-state index contributed by atoms with van der Waals surface area (Å²) >= 11 is 0. The van der Waals surface area contributed by atoms with E-state index in [0.717, 1.165) is 5.56 Å². The van der Waals surface area contributed by atoms with E-state index in [1.54, 1.807) is 62.6 Å². The zero-order chi connectivity index (χ0) is 29.1. The molecule has 0 radical (unpaired) electrons. The monoisotopic (exact) mass is 548 g/mol. The van der Waals surface area contributed by atoms with E-state index < -0.39 is 35.4 Å². The predicted molar refractivity (Wildman–Crippen MR) is 157 cm³/mol. The van der Waals surface area contributed by atoms with Crippen molar-refractivity contribution in [3.05, 3.63) is 131 Å². The van der Waals surface area contributed by atoms with Crippen LogP contribution in [0.1, 0.15) is 45.9 Å². The number of carbonyl (C=O) groups is 3. The second kappa shape index (κ2) is 11.3. The van der Waals surface area contributed by atoms with Gasteiger partial charge in [0.05, 0.1) is 19.1 Å². The van der Waals surface area contributed by atoms with Crippen molar-refractivity contribution in [2.75, 3.05) is 12.4 Å². The molecule has 4 aromatic rings. The molecular weight excluding hydrogens is 516 g/mol. The molecule has 4 atom stereocenters. The first-order valence-electron chi connectivity index (χ1n) is 13.4. The number of carbonyl (C=O) groups excluding carboxylic acids is 2. The molecule has 1 saturated heterocycles. The highest BCUT2D eigenvalue weighted by molar-refractivity contribution is 6.03. The van der Waals surface area contributed by atoms with Crippen molar-refractivity contribution >= 4 is 23.5 Å². The number of ketones is 1. The maximum absolute atomic E-state index is 14.5. The van der Waals surface area contributed by atoms with Crippen molar-refractivity contribution in [3.8, 4) is 5.75 Å². The van der Waals surface area contributed by atoms with Gasteiger partial charge in [-0.25, -0.2) is 9.59 Å². The number of methoxy groups -OCH3 is 1. The van der Waals surface area contributed by atoms with Crippen LogP contribution in [0.15, 0.2) is 109 Å². The molecule has 2 N–H and O–H groups in total. The van der Waals surface area contributed by atoms with Crippen molar-refractivity contribution in [2.45, 2.75) is 31.3 Å². The van der Waals surface area contributed by atoms with Gasteiger partial charge in [-0.15, -0.1) is 0 Å². The standard InChI is InChI=1S/C34H32N2O5/c1-22-14-16-24(17-15-22)30-28(31(37)25-18-20-27(41-3)21-19-25)29(23-10-6-4-7-11-23)34(2,32(38)39)36(30)33(40)35-26-12-8-5-9-13-26/h4-21,28-30H,1-3H3,(H,35,40)(H,38,39). The Balaban J connectivity index is 1.75. The molecule has 0 aliphatic carbocycles. The number of hydrogen-bond donors (Lipinski definition) is 2. The average molecular weight is 549 g/mol. The van der Waals surface area contributed by atoms with Gasteiger partial charge in [0.25, 0.3) is 0 Å². The van der Waals surface area contributed by atoms with E-state index in [9.17, 15) is 19.5 Å². The van der Waals surface area contributed by atoms with Crippen molar-refractivity contribution in [2.24, 2.45) is 5.92 Å². The number of aryl methyl sites for hydroxylation is 1. The lowest BCUT2D eigenvalue weighted by molar-refractivity contribution is -0.148. The van der Waals surface area contributed by atoms with Crippen molar-refractivity contribution in [1.82, 2.24) is 4.90 Å². The summed E-state index contributed by atoms with van der Waals surface area (Å²) < 4.78 is 5.29. The van der Waals surface area contributed by atoms with Gasteiger partial charge in [0, 0.05) is 17.2 Å². The number of hydrogen-bond acceptors (Lipinski definition) is 4. The van der Waals surface area contributed by atoms with Gasteiger partial charge in [0.1, 0.15) is 11.3 Å². The minimum absolute atomic E-state index is 0.255. The van der Waals surface area contributed by atoms with Crippen LogP contribution >= 0.6 is 0 Å². The zero-order valence-corrected chi connectivity index (χ0v) is 23.2. The Bertz CT molecular complexity index is 1540. The maximum Gasteiger partial charge on any atom is 0.330 e. The number of nitrogens with zero attached hydrogens (tertiary/aromatic N) is 1. The first-order chi connectivity index (χ1) is 19.8. The molecule has 0 saturated carbocycles. The fourth-order valence-corrected chi connectivity index (χ4v) is 5.96. The molecule has 2 amide bonds. The Kier molecular flexibility index (Phi) is 7.62. The van der Waals surface area contributed by atoms with Gasteiger partial charge in [-0.3, -0.25) is 9.69 Å². The number of urea groups is 1. The number of rotatable bonds is 7. The SMILES string of the molecule is COc1ccc(C(=O)C2C(c3ccc(C)cc3)N(C(=O)Nc3ccccc3)C(C)(C(=O)O)C2c2ccccc2)cc1. The molecule has 4 aromatic carbocycles. The second-order valence-electron chi connectivity index (χ2n) is 10.5. The van der Waals surface area contributed by atoms with Gasteiger partial charge in [-0.05, 0) is 61.4 Å². The lowest BCUT2D eigenvalue weighted by Gasteiger charge is -2.37. The molecule has 1 heterocycles. The minimum Gasteiger partial charge on any atom is -0.497 e. The van der Waals surface area contributed by atoms with Crippen LogP contribution in [0.5, 0.6) is 5.75 Å². The van der Waals surface area contributed by atoms with E-state index in [2.05, 4.69) is 5.32 Å². The van der Waals surface area contributed by atoms with Gasteiger partial charge in [0.2, 0.25) is 0 Å². The van der Waals surface area contributed by atoms with Gasteiger partial charge in [-0.1, -0.05) is 78.4 Å². The number of para-hydroxylation sites is 1. The molecule has 7 nitrogen and oxygen atoms in total. The maximum atomic E-state index is 14.5. The molecule has 41 heavy (non-hydrogen) atoms. The minimum atomic E-state index is -1.78. The number of carboxylic acid groups (broad SMARTS) is 1. The Morgan fingerprint density at radius 3 is 1.95 bits per heavy atom. The third-order valence-corrected chi connectivity index (χ3v) is 8.02. The quantitative estimate of drug-likeness (QED) is 0.250. The molecule has 4 unspecified atom stereocenters. The summed E-state index contributed by atoms with van der Waals surface area (Å²) in [5, 5.41) is 13.8. The van der Waals surface area contributed by atoms with Crippen LogP contribution in [0.2, 0.25) is 0 Å². The number of aliphatic carboxylic acids is 1. The highest BCUT2D eigenvalue weighted by atomic mass is 16.5. The number of likely N-dealkylation sites (tertiary alicyclic amines) is 1. The van der Waals surface area contributed by atoms with E-state index in [0.29, 0.717) is 28.1 Å². The van der Waals surface area contributed by atoms with E-state index >= 15 is 0 Å². The smallest absolute Gasteiger partial charge is 0.330 e. The molecule has 5 rings (SSSR count). The Hall–Kier alpha value is -4.91. The van der Waals surface area contributed by atoms with E-state index in [1.807, 2.05) is 67.6 Å². The third-order valence-electron chi connectivity index (χ3n) is 8.02. The molecule has 1 aliphatic heterocycles. The van der Waals surface area contributed by atoms with Gasteiger partial charge in [0.15, 0.2) is 5.78 Å². The average Bonchev–Trinajstić information content (AvgIpc) is 3.28. The Labute approximate surface area is 239 Å². The predicted octanol–water partition coefficient (Wildman–Crippen LogP) is 6.72. The van der Waals surface area contributed by atoms with Gasteiger partial charge >= 0.3 is 12.0 Å². The molecule has 7 heteroatoms. The molecule has 0 bridgehead atoms. The van der Waals surface area contributed by atoms with Crippen LogP contribution in [0.25, 0.3) is 0 Å². The summed E-state index contributed by atoms with van der Waals surface area (Å²) in [6, 6.07) is 30.9. The number of amides is 2. The molecule has 1 fully saturated rings. The fourth-order valence-electron chi connectivity index (χ4n) is 5.96. The summed E-state index contributed by atoms with van der Waals surface area (Å²) in [7, 11) is 1.55. The van der Waals surface area contributed by atoms with Gasteiger partial charge in [-0.2, -0.15) is 0 Å². The van der Waals surface area contributed by atoms with E-state index in [4.69, 9.17) is 4.74 Å². The number of anilines is 1. The summed E-state index contributed by atoms with van der Waals surface area (Å²) in [6.45, 7) is 3.49. The molecular formula is C34H32N2O5. The number of Topliss-reactive ketones (excluding diaryl/α,β-unsaturated/α-hetero) is 1. The largest absolute Gasteiger partial charge is 0.497 e. The van der Waals surface area contributed by atoms with Crippen LogP contribution < -0.4 is 10.1 Å². The molecule has 0 spiro atoms. The van der Waals surface area contributed by atoms with E-state index in [-0.39, 0.29) is 5.78 Å². The van der Waals surface area contributed by atoms with Crippen LogP contribution in [0.4, 0.5) is 10.5 Å². The highest BCUT2D eigenvalue weighted by Gasteiger charge is 2.65. The Morgan fingerprint density at radius 2 is 1.39 bits per heavy atom. The lowest BCUT2D eigenvalue weighted by atomic mass is 9.71. The third kappa shape index (κ3) is 5.07. The number of benzene rings is 4. The van der Waals surface area contributed by atoms with Crippen molar-refractivity contribution < 1.29 is 24.2 Å². The molecule has 0 aromatic heterocycles. The second-order valence-corrected chi connectivity index (χ2v) is 10.5. The molecule has 208 valence electrons. The Morgan fingerprint density at radius 1 is 0.805 bits per heavy atom. The van der Waals surface area contributed by atoms with Crippen LogP contribution in [0.3, 0.4) is 0 Å². The summed E-state index contributed by atoms with van der Waals surface area (Å²) in [5.41, 5.74) is 1.50. The van der Waals surface area contributed by atoms with Crippen molar-refractivity contribution in [3.63, 3.8) is 0 Å². The lowest BCUT2D eigenvalue weighted by Crippen LogP contribution is -2.55. The normalized spacial score (nSPS) is 21.7. The number of ether oxygens (including phenoxy) is 1. The summed E-state index contributed by atoms with van der Waals surface area (Å²) in [4.78, 5) is 43.4. The van der Waals surface area contributed by atoms with Crippen molar-refractivity contribution in [1.29, 1.82) is 0 Å². The molecule has 1 aliphatic rings. The first kappa shape index (κ1) is 27.6. The van der Waals surface area contributed by atoms with E-state index in [1.165, 1.54) is 4.90 Å². The van der Waals surface area contributed by atoms with Crippen LogP contribution in [-0.4, -0.2) is 40.4 Å². The fraction of sp³-hybridized carbons (Fsp3) is 0.206. The van der Waals surface area contributed by atoms with Crippen LogP contribution in [0, 0.1) is 12.8 Å². The number of carboxylic acids is 1. The van der Waals surface area contributed by atoms with Crippen LogP contribution in [-0.2, 0) is 4.79 Å². The number of nitrogens with one attached hydrogen (secondary N) is 1. The summed E-state index contributed by atoms with van der Waals surface area (Å²) in [6.07, 6.45) is 0. The highest BCUT2D eigenvalue weighted by Crippen LogP contribution is 2.56. The zero-order valence-electron chi connectivity index (χ0n) is 23.2. The first-order valence-corrected chi connectivity index (χ1v) is 13.4. The topological polar surface area (TPSA) is 95.9 Å². The van der Waals surface area contributed by atoms with Gasteiger partial charge < -0.3 is 15.2 Å².